The van der Waals surface area contributed by atoms with Crippen LogP contribution in [0.4, 0.5) is 5.69 Å². The zero-order valence-corrected chi connectivity index (χ0v) is 11.5. The number of aryl methyl sites for hydroxylation is 1. The van der Waals surface area contributed by atoms with Gasteiger partial charge in [-0.1, -0.05) is 29.8 Å². The molecule has 16 heavy (non-hydrogen) atoms. The van der Waals surface area contributed by atoms with Crippen LogP contribution < -0.4 is 10.6 Å². The summed E-state index contributed by atoms with van der Waals surface area (Å²) in [5, 5.41) is 7.08. The predicted octanol–water partition coefficient (Wildman–Crippen LogP) is 3.17. The van der Waals surface area contributed by atoms with Crippen LogP contribution in [-0.4, -0.2) is 18.6 Å². The standard InChI is InChI=1S/C13H19BrN2/c1-9(2)15-8-12-5-3-10-7-11(14)4-6-13(10)16-12/h4,6-7,9,12,15-16H,3,5,8H2,1-2H3. The first kappa shape index (κ1) is 11.9. The van der Waals surface area contributed by atoms with Crippen LogP contribution in [0.2, 0.25) is 0 Å². The summed E-state index contributed by atoms with van der Waals surface area (Å²) in [6.07, 6.45) is 2.38. The van der Waals surface area contributed by atoms with Crippen molar-refractivity contribution in [2.75, 3.05) is 11.9 Å². The first-order valence-electron chi connectivity index (χ1n) is 5.93. The van der Waals surface area contributed by atoms with Gasteiger partial charge in [-0.3, -0.25) is 0 Å². The molecule has 0 aliphatic carbocycles. The zero-order valence-electron chi connectivity index (χ0n) is 9.89. The van der Waals surface area contributed by atoms with E-state index >= 15 is 0 Å². The average Bonchev–Trinajstić information content (AvgIpc) is 2.26. The highest BCUT2D eigenvalue weighted by atomic mass is 79.9. The minimum atomic E-state index is 0.563. The summed E-state index contributed by atoms with van der Waals surface area (Å²) in [7, 11) is 0. The van der Waals surface area contributed by atoms with E-state index in [9.17, 15) is 0 Å². The number of hydrogen-bond donors (Lipinski definition) is 2. The Kier molecular flexibility index (Phi) is 3.87. The quantitative estimate of drug-likeness (QED) is 0.890. The average molecular weight is 283 g/mol. The van der Waals surface area contributed by atoms with Gasteiger partial charge in [-0.25, -0.2) is 0 Å². The Hall–Kier alpha value is -0.540. The molecule has 2 N–H and O–H groups in total. The maximum absolute atomic E-state index is 3.60. The second-order valence-electron chi connectivity index (χ2n) is 4.74. The Bertz CT molecular complexity index is 363. The van der Waals surface area contributed by atoms with Crippen molar-refractivity contribution in [2.45, 2.75) is 38.8 Å². The fraction of sp³-hybridized carbons (Fsp3) is 0.538. The normalized spacial score (nSPS) is 19.4. The van der Waals surface area contributed by atoms with E-state index in [0.717, 1.165) is 6.54 Å². The number of fused-ring (bicyclic) bond motifs is 1. The number of benzene rings is 1. The van der Waals surface area contributed by atoms with Crippen LogP contribution in [0.15, 0.2) is 22.7 Å². The topological polar surface area (TPSA) is 24.1 Å². The molecule has 1 aliphatic heterocycles. The molecule has 0 saturated carbocycles. The minimum Gasteiger partial charge on any atom is -0.381 e. The van der Waals surface area contributed by atoms with Gasteiger partial charge < -0.3 is 10.6 Å². The SMILES string of the molecule is CC(C)NCC1CCc2cc(Br)ccc2N1. The van der Waals surface area contributed by atoms with Crippen molar-refractivity contribution >= 4 is 21.6 Å². The lowest BCUT2D eigenvalue weighted by Gasteiger charge is -2.28. The van der Waals surface area contributed by atoms with Gasteiger partial charge >= 0.3 is 0 Å². The molecule has 0 saturated heterocycles. The van der Waals surface area contributed by atoms with Gasteiger partial charge in [0, 0.05) is 28.8 Å². The lowest BCUT2D eigenvalue weighted by molar-refractivity contribution is 0.516. The first-order chi connectivity index (χ1) is 7.65. The van der Waals surface area contributed by atoms with Gasteiger partial charge in [-0.2, -0.15) is 0 Å². The number of hydrogen-bond acceptors (Lipinski definition) is 2. The van der Waals surface area contributed by atoms with Crippen LogP contribution in [0.5, 0.6) is 0 Å². The lowest BCUT2D eigenvalue weighted by atomic mass is 9.98. The summed E-state index contributed by atoms with van der Waals surface area (Å²) in [6.45, 7) is 5.43. The van der Waals surface area contributed by atoms with Crippen LogP contribution >= 0.6 is 15.9 Å². The summed E-state index contributed by atoms with van der Waals surface area (Å²) in [5.41, 5.74) is 2.72. The molecule has 0 radical (unpaired) electrons. The smallest absolute Gasteiger partial charge is 0.0389 e. The first-order valence-corrected chi connectivity index (χ1v) is 6.73. The Morgan fingerprint density at radius 3 is 3.06 bits per heavy atom. The third-order valence-corrected chi connectivity index (χ3v) is 3.45. The molecule has 0 amide bonds. The van der Waals surface area contributed by atoms with Crippen molar-refractivity contribution < 1.29 is 0 Å². The molecular weight excluding hydrogens is 264 g/mol. The maximum Gasteiger partial charge on any atom is 0.0389 e. The molecule has 1 atom stereocenters. The maximum atomic E-state index is 3.60. The molecule has 1 aromatic rings. The molecule has 1 aliphatic rings. The number of nitrogens with one attached hydrogen (secondary N) is 2. The van der Waals surface area contributed by atoms with Crippen LogP contribution in [0, 0.1) is 0 Å². The van der Waals surface area contributed by atoms with Crippen molar-refractivity contribution in [3.8, 4) is 0 Å². The molecule has 0 fully saturated rings. The van der Waals surface area contributed by atoms with Gasteiger partial charge in [0.1, 0.15) is 0 Å². The third kappa shape index (κ3) is 2.98. The van der Waals surface area contributed by atoms with Crippen LogP contribution in [0.3, 0.4) is 0 Å². The minimum absolute atomic E-state index is 0.563. The van der Waals surface area contributed by atoms with Crippen molar-refractivity contribution in [1.82, 2.24) is 5.32 Å². The van der Waals surface area contributed by atoms with Crippen LogP contribution in [0.1, 0.15) is 25.8 Å². The van der Waals surface area contributed by atoms with Gasteiger partial charge in [-0.15, -0.1) is 0 Å². The number of rotatable bonds is 3. The molecule has 1 heterocycles. The van der Waals surface area contributed by atoms with E-state index in [1.807, 2.05) is 0 Å². The second-order valence-corrected chi connectivity index (χ2v) is 5.66. The fourth-order valence-corrected chi connectivity index (χ4v) is 2.47. The van der Waals surface area contributed by atoms with E-state index in [4.69, 9.17) is 0 Å². The summed E-state index contributed by atoms with van der Waals surface area (Å²) in [6, 6.07) is 7.61. The van der Waals surface area contributed by atoms with Crippen LogP contribution in [-0.2, 0) is 6.42 Å². The molecule has 88 valence electrons. The molecule has 1 unspecified atom stereocenters. The van der Waals surface area contributed by atoms with Crippen molar-refractivity contribution in [3.63, 3.8) is 0 Å². The second kappa shape index (κ2) is 5.19. The van der Waals surface area contributed by atoms with E-state index in [2.05, 4.69) is 58.6 Å². The molecule has 0 aromatic heterocycles. The van der Waals surface area contributed by atoms with E-state index < -0.39 is 0 Å². The van der Waals surface area contributed by atoms with Gasteiger partial charge in [-0.05, 0) is 36.6 Å². The predicted molar refractivity (Wildman–Crippen MR) is 73.0 cm³/mol. The zero-order chi connectivity index (χ0) is 11.5. The fourth-order valence-electron chi connectivity index (χ4n) is 2.06. The third-order valence-electron chi connectivity index (χ3n) is 2.96. The summed E-state index contributed by atoms with van der Waals surface area (Å²) < 4.78 is 1.17. The van der Waals surface area contributed by atoms with Gasteiger partial charge in [0.05, 0.1) is 0 Å². The van der Waals surface area contributed by atoms with E-state index in [1.165, 1.54) is 28.6 Å². The van der Waals surface area contributed by atoms with Crippen molar-refractivity contribution in [2.24, 2.45) is 0 Å². The molecule has 3 heteroatoms. The Morgan fingerprint density at radius 2 is 2.31 bits per heavy atom. The van der Waals surface area contributed by atoms with E-state index in [-0.39, 0.29) is 0 Å². The molecule has 0 spiro atoms. The Labute approximate surface area is 106 Å². The number of halogens is 1. The summed E-state index contributed by atoms with van der Waals surface area (Å²) >= 11 is 3.52. The largest absolute Gasteiger partial charge is 0.381 e. The Balaban J connectivity index is 1.98. The monoisotopic (exact) mass is 282 g/mol. The Morgan fingerprint density at radius 1 is 1.50 bits per heavy atom. The highest BCUT2D eigenvalue weighted by molar-refractivity contribution is 9.10. The van der Waals surface area contributed by atoms with Crippen molar-refractivity contribution in [3.05, 3.63) is 28.2 Å². The molecular formula is C13H19BrN2. The van der Waals surface area contributed by atoms with Gasteiger partial charge in [0.25, 0.3) is 0 Å². The van der Waals surface area contributed by atoms with E-state index in [1.54, 1.807) is 0 Å². The van der Waals surface area contributed by atoms with Gasteiger partial charge in [0.15, 0.2) is 0 Å². The lowest BCUT2D eigenvalue weighted by Crippen LogP contribution is -2.38. The summed E-state index contributed by atoms with van der Waals surface area (Å²) in [4.78, 5) is 0. The highest BCUT2D eigenvalue weighted by Crippen LogP contribution is 2.27. The molecule has 1 aromatic carbocycles. The molecule has 2 nitrogen and oxygen atoms in total. The van der Waals surface area contributed by atoms with E-state index in [0.29, 0.717) is 12.1 Å². The van der Waals surface area contributed by atoms with Gasteiger partial charge in [0.2, 0.25) is 0 Å². The summed E-state index contributed by atoms with van der Waals surface area (Å²) in [5.74, 6) is 0. The highest BCUT2D eigenvalue weighted by Gasteiger charge is 2.17. The van der Waals surface area contributed by atoms with Crippen LogP contribution in [0.25, 0.3) is 0 Å². The number of anilines is 1. The molecule has 0 bridgehead atoms. The van der Waals surface area contributed by atoms with Crippen molar-refractivity contribution in [1.29, 1.82) is 0 Å². The molecule has 2 rings (SSSR count).